The molecule has 4 rings (SSSR count). The van der Waals surface area contributed by atoms with Crippen molar-refractivity contribution in [2.75, 3.05) is 26.6 Å². The minimum absolute atomic E-state index is 0.108. The Labute approximate surface area is 204 Å². The number of ether oxygens (including phenoxy) is 3. The summed E-state index contributed by atoms with van der Waals surface area (Å²) >= 11 is 0. The standard InChI is InChI=1S/C20H22N2O4.C7H7NO/c1-5-6-7-14-15-8-13(11-21-19(15)22-20(14)23)12-9-16(24-2)18(26-4)17(10-12)25-3;8-7(9)6-4-2-1-3-5-6/h7-11H,5-6H2,1-4H3,(H,21,22,23);1-5H,(H2,8,9)/b14-7-;. The SMILES string of the molecule is CCC/C=C1\C(=O)Nc2ncc(-c3cc(OC)c(OC)c(OC)c3)cc21.NC(=O)c1ccccc1. The molecule has 0 bridgehead atoms. The lowest BCUT2D eigenvalue weighted by molar-refractivity contribution is -0.110. The van der Waals surface area contributed by atoms with Crippen LogP contribution in [0.4, 0.5) is 5.82 Å². The first-order chi connectivity index (χ1) is 16.9. The second-order valence-electron chi connectivity index (χ2n) is 7.63. The third-order valence-electron chi connectivity index (χ3n) is 5.35. The third-order valence-corrected chi connectivity index (χ3v) is 5.35. The Morgan fingerprint density at radius 3 is 2.17 bits per heavy atom. The monoisotopic (exact) mass is 475 g/mol. The smallest absolute Gasteiger partial charge is 0.257 e. The van der Waals surface area contributed by atoms with Crippen LogP contribution in [0.1, 0.15) is 35.7 Å². The van der Waals surface area contributed by atoms with Crippen LogP contribution in [0.3, 0.4) is 0 Å². The Morgan fingerprint density at radius 1 is 1.00 bits per heavy atom. The van der Waals surface area contributed by atoms with Crippen LogP contribution in [0.2, 0.25) is 0 Å². The number of benzene rings is 2. The number of hydrogen-bond donors (Lipinski definition) is 2. The number of pyridine rings is 1. The zero-order valence-electron chi connectivity index (χ0n) is 20.3. The van der Waals surface area contributed by atoms with Crippen molar-refractivity contribution in [3.05, 3.63) is 71.9 Å². The number of nitrogens with zero attached hydrogens (tertiary/aromatic N) is 1. The molecule has 8 nitrogen and oxygen atoms in total. The van der Waals surface area contributed by atoms with Crippen LogP contribution in [0.25, 0.3) is 16.7 Å². The van der Waals surface area contributed by atoms with Gasteiger partial charge < -0.3 is 25.3 Å². The van der Waals surface area contributed by atoms with E-state index < -0.39 is 0 Å². The van der Waals surface area contributed by atoms with E-state index in [0.29, 0.717) is 34.2 Å². The van der Waals surface area contributed by atoms with Gasteiger partial charge in [0.25, 0.3) is 5.91 Å². The fraction of sp³-hybridized carbons (Fsp3) is 0.222. The maximum absolute atomic E-state index is 12.2. The number of methoxy groups -OCH3 is 3. The van der Waals surface area contributed by atoms with E-state index in [-0.39, 0.29) is 11.8 Å². The van der Waals surface area contributed by atoms with Crippen LogP contribution in [-0.2, 0) is 4.79 Å². The zero-order valence-corrected chi connectivity index (χ0v) is 20.3. The molecule has 0 atom stereocenters. The maximum atomic E-state index is 12.2. The molecular formula is C27H29N3O5. The number of nitrogens with two attached hydrogens (primary N) is 1. The van der Waals surface area contributed by atoms with Gasteiger partial charge in [0.05, 0.1) is 21.3 Å². The van der Waals surface area contributed by atoms with Gasteiger partial charge in [-0.25, -0.2) is 4.98 Å². The largest absolute Gasteiger partial charge is 0.493 e. The molecule has 0 radical (unpaired) electrons. The fourth-order valence-corrected chi connectivity index (χ4v) is 3.57. The first-order valence-electron chi connectivity index (χ1n) is 11.1. The van der Waals surface area contributed by atoms with Crippen LogP contribution in [0, 0.1) is 0 Å². The molecule has 0 saturated heterocycles. The van der Waals surface area contributed by atoms with Gasteiger partial charge >= 0.3 is 0 Å². The van der Waals surface area contributed by atoms with Gasteiger partial charge in [0.1, 0.15) is 5.82 Å². The van der Waals surface area contributed by atoms with Crippen molar-refractivity contribution < 1.29 is 23.8 Å². The number of primary amides is 1. The first-order valence-corrected chi connectivity index (χ1v) is 11.1. The number of carbonyl (C=O) groups excluding carboxylic acids is 2. The molecule has 0 unspecified atom stereocenters. The molecule has 1 aliphatic rings. The molecule has 0 saturated carbocycles. The van der Waals surface area contributed by atoms with Gasteiger partial charge in [-0.05, 0) is 42.3 Å². The quantitative estimate of drug-likeness (QED) is 0.479. The van der Waals surface area contributed by atoms with E-state index in [0.717, 1.165) is 29.5 Å². The van der Waals surface area contributed by atoms with E-state index in [1.165, 1.54) is 0 Å². The summed E-state index contributed by atoms with van der Waals surface area (Å²) in [5.41, 5.74) is 8.74. The number of aromatic nitrogens is 1. The Kier molecular flexibility index (Phi) is 8.45. The van der Waals surface area contributed by atoms with Crippen molar-refractivity contribution in [1.29, 1.82) is 0 Å². The normalized spacial score (nSPS) is 12.8. The van der Waals surface area contributed by atoms with Crippen molar-refractivity contribution >= 4 is 23.2 Å². The van der Waals surface area contributed by atoms with Crippen molar-refractivity contribution in [3.63, 3.8) is 0 Å². The fourth-order valence-electron chi connectivity index (χ4n) is 3.57. The summed E-state index contributed by atoms with van der Waals surface area (Å²) in [6.07, 6.45) is 5.51. The van der Waals surface area contributed by atoms with Crippen LogP contribution in [0.15, 0.2) is 60.8 Å². The van der Waals surface area contributed by atoms with Gasteiger partial charge in [0.2, 0.25) is 11.7 Å². The van der Waals surface area contributed by atoms with E-state index in [9.17, 15) is 9.59 Å². The van der Waals surface area contributed by atoms with Gasteiger partial charge in [-0.15, -0.1) is 0 Å². The van der Waals surface area contributed by atoms with E-state index in [2.05, 4.69) is 17.2 Å². The highest BCUT2D eigenvalue weighted by molar-refractivity contribution is 6.31. The maximum Gasteiger partial charge on any atom is 0.257 e. The summed E-state index contributed by atoms with van der Waals surface area (Å²) in [4.78, 5) is 27.0. The highest BCUT2D eigenvalue weighted by Gasteiger charge is 2.26. The number of amides is 2. The Bertz CT molecular complexity index is 1210. The van der Waals surface area contributed by atoms with E-state index in [1.807, 2.05) is 30.3 Å². The van der Waals surface area contributed by atoms with Crippen LogP contribution in [0.5, 0.6) is 17.2 Å². The summed E-state index contributed by atoms with van der Waals surface area (Å²) < 4.78 is 16.2. The molecule has 1 aliphatic heterocycles. The van der Waals surface area contributed by atoms with Gasteiger partial charge in [-0.1, -0.05) is 37.6 Å². The molecule has 0 aliphatic carbocycles. The summed E-state index contributed by atoms with van der Waals surface area (Å²) in [7, 11) is 4.73. The van der Waals surface area contributed by atoms with Gasteiger partial charge in [0.15, 0.2) is 11.5 Å². The molecule has 182 valence electrons. The van der Waals surface area contributed by atoms with Crippen LogP contribution in [-0.4, -0.2) is 38.1 Å². The molecular weight excluding hydrogens is 446 g/mol. The van der Waals surface area contributed by atoms with E-state index in [4.69, 9.17) is 19.9 Å². The third kappa shape index (κ3) is 5.78. The van der Waals surface area contributed by atoms with Gasteiger partial charge in [-0.3, -0.25) is 9.59 Å². The van der Waals surface area contributed by atoms with E-state index >= 15 is 0 Å². The molecule has 2 aromatic carbocycles. The molecule has 0 spiro atoms. The van der Waals surface area contributed by atoms with Crippen LogP contribution >= 0.6 is 0 Å². The first kappa shape index (κ1) is 25.3. The zero-order chi connectivity index (χ0) is 25.4. The number of allylic oxidation sites excluding steroid dienone is 1. The van der Waals surface area contributed by atoms with Crippen molar-refractivity contribution in [1.82, 2.24) is 4.98 Å². The van der Waals surface area contributed by atoms with Gasteiger partial charge in [0, 0.05) is 28.5 Å². The predicted octanol–water partition coefficient (Wildman–Crippen LogP) is 4.70. The van der Waals surface area contributed by atoms with Crippen molar-refractivity contribution in [3.8, 4) is 28.4 Å². The highest BCUT2D eigenvalue weighted by Crippen LogP contribution is 2.42. The topological polar surface area (TPSA) is 113 Å². The molecule has 8 heteroatoms. The molecule has 2 amide bonds. The summed E-state index contributed by atoms with van der Waals surface area (Å²) in [6, 6.07) is 14.5. The number of rotatable bonds is 7. The number of fused-ring (bicyclic) bond motifs is 1. The summed E-state index contributed by atoms with van der Waals surface area (Å²) in [5, 5.41) is 2.81. The second kappa shape index (κ2) is 11.7. The molecule has 3 N–H and O–H groups in total. The summed E-state index contributed by atoms with van der Waals surface area (Å²) in [6.45, 7) is 2.08. The Balaban J connectivity index is 0.000000320. The minimum atomic E-state index is -0.379. The highest BCUT2D eigenvalue weighted by atomic mass is 16.5. The molecule has 1 aromatic heterocycles. The molecule has 0 fully saturated rings. The number of anilines is 1. The molecule has 3 aromatic rings. The van der Waals surface area contributed by atoms with Crippen molar-refractivity contribution in [2.45, 2.75) is 19.8 Å². The number of nitrogens with one attached hydrogen (secondary N) is 1. The lowest BCUT2D eigenvalue weighted by Crippen LogP contribution is -2.09. The number of unbranched alkanes of at least 4 members (excludes halogenated alkanes) is 1. The Morgan fingerprint density at radius 2 is 1.66 bits per heavy atom. The Hall–Kier alpha value is -4.33. The number of carbonyl (C=O) groups is 2. The average Bonchev–Trinajstić information content (AvgIpc) is 3.21. The second-order valence-corrected chi connectivity index (χ2v) is 7.63. The lowest BCUT2D eigenvalue weighted by Gasteiger charge is -2.14. The molecule has 2 heterocycles. The van der Waals surface area contributed by atoms with Crippen LogP contribution < -0.4 is 25.3 Å². The van der Waals surface area contributed by atoms with Crippen molar-refractivity contribution in [2.24, 2.45) is 5.73 Å². The number of hydrogen-bond acceptors (Lipinski definition) is 6. The van der Waals surface area contributed by atoms with Gasteiger partial charge in [-0.2, -0.15) is 0 Å². The minimum Gasteiger partial charge on any atom is -0.493 e. The predicted molar refractivity (Wildman–Crippen MR) is 136 cm³/mol. The average molecular weight is 476 g/mol. The lowest BCUT2D eigenvalue weighted by atomic mass is 10.0. The van der Waals surface area contributed by atoms with E-state index in [1.54, 1.807) is 51.8 Å². The summed E-state index contributed by atoms with van der Waals surface area (Å²) in [5.74, 6) is 1.77. The molecule has 35 heavy (non-hydrogen) atoms.